The Labute approximate surface area is 96.3 Å². The average Bonchev–Trinajstić information content (AvgIpc) is 2.33. The van der Waals surface area contributed by atoms with Crippen LogP contribution in [0.3, 0.4) is 0 Å². The average molecular weight is 224 g/mol. The SMILES string of the molecule is CCCCCNc1cc(NCCO)ncn1. The zero-order chi connectivity index (χ0) is 11.6. The monoisotopic (exact) mass is 224 g/mol. The zero-order valence-corrected chi connectivity index (χ0v) is 9.74. The van der Waals surface area contributed by atoms with Gasteiger partial charge in [0.15, 0.2) is 0 Å². The highest BCUT2D eigenvalue weighted by molar-refractivity contribution is 5.46. The third-order valence-corrected chi connectivity index (χ3v) is 2.17. The van der Waals surface area contributed by atoms with E-state index in [1.165, 1.54) is 19.2 Å². The van der Waals surface area contributed by atoms with Crippen molar-refractivity contribution in [3.63, 3.8) is 0 Å². The molecular formula is C11H20N4O. The number of nitrogens with one attached hydrogen (secondary N) is 2. The summed E-state index contributed by atoms with van der Waals surface area (Å²) < 4.78 is 0. The smallest absolute Gasteiger partial charge is 0.131 e. The molecule has 1 aromatic heterocycles. The van der Waals surface area contributed by atoms with Crippen molar-refractivity contribution >= 4 is 11.6 Å². The largest absolute Gasteiger partial charge is 0.395 e. The zero-order valence-electron chi connectivity index (χ0n) is 9.74. The number of anilines is 2. The fourth-order valence-corrected chi connectivity index (χ4v) is 1.33. The molecule has 0 aromatic carbocycles. The van der Waals surface area contributed by atoms with Gasteiger partial charge in [0.25, 0.3) is 0 Å². The van der Waals surface area contributed by atoms with Gasteiger partial charge in [-0.2, -0.15) is 0 Å². The van der Waals surface area contributed by atoms with E-state index in [1.54, 1.807) is 0 Å². The molecule has 16 heavy (non-hydrogen) atoms. The van der Waals surface area contributed by atoms with Crippen LogP contribution < -0.4 is 10.6 Å². The first kappa shape index (κ1) is 12.7. The first-order chi connectivity index (χ1) is 7.86. The van der Waals surface area contributed by atoms with Gasteiger partial charge < -0.3 is 15.7 Å². The van der Waals surface area contributed by atoms with Crippen LogP contribution in [0.4, 0.5) is 11.6 Å². The van der Waals surface area contributed by atoms with Gasteiger partial charge >= 0.3 is 0 Å². The first-order valence-corrected chi connectivity index (χ1v) is 5.77. The Balaban J connectivity index is 2.35. The normalized spacial score (nSPS) is 10.1. The highest BCUT2D eigenvalue weighted by Gasteiger charge is 1.97. The topological polar surface area (TPSA) is 70.1 Å². The van der Waals surface area contributed by atoms with Gasteiger partial charge in [0, 0.05) is 19.2 Å². The van der Waals surface area contributed by atoms with Crippen molar-refractivity contribution in [3.05, 3.63) is 12.4 Å². The highest BCUT2D eigenvalue weighted by atomic mass is 16.3. The fraction of sp³-hybridized carbons (Fsp3) is 0.636. The lowest BCUT2D eigenvalue weighted by atomic mass is 10.2. The Hall–Kier alpha value is -1.36. The Kier molecular flexibility index (Phi) is 6.25. The standard InChI is InChI=1S/C11H20N4O/c1-2-3-4-5-12-10-8-11(13-6-7-16)15-9-14-10/h8-9,16H,2-7H2,1H3,(H2,12,13,14,15). The summed E-state index contributed by atoms with van der Waals surface area (Å²) in [5.41, 5.74) is 0. The molecule has 0 fully saturated rings. The van der Waals surface area contributed by atoms with E-state index in [0.717, 1.165) is 24.6 Å². The second-order valence-corrected chi connectivity index (χ2v) is 3.57. The van der Waals surface area contributed by atoms with E-state index in [4.69, 9.17) is 5.11 Å². The van der Waals surface area contributed by atoms with Crippen molar-refractivity contribution < 1.29 is 5.11 Å². The molecule has 3 N–H and O–H groups in total. The molecule has 0 bridgehead atoms. The maximum Gasteiger partial charge on any atom is 0.131 e. The van der Waals surface area contributed by atoms with Gasteiger partial charge in [-0.3, -0.25) is 0 Å². The Morgan fingerprint density at radius 2 is 1.81 bits per heavy atom. The molecule has 0 saturated carbocycles. The van der Waals surface area contributed by atoms with Crippen molar-refractivity contribution in [3.8, 4) is 0 Å². The number of aliphatic hydroxyl groups is 1. The van der Waals surface area contributed by atoms with Crippen LogP contribution in [-0.4, -0.2) is 34.8 Å². The number of hydrogen-bond donors (Lipinski definition) is 3. The molecule has 1 aromatic rings. The number of aliphatic hydroxyl groups excluding tert-OH is 1. The van der Waals surface area contributed by atoms with E-state index in [0.29, 0.717) is 6.54 Å². The van der Waals surface area contributed by atoms with Gasteiger partial charge in [-0.1, -0.05) is 19.8 Å². The molecule has 0 radical (unpaired) electrons. The molecular weight excluding hydrogens is 204 g/mol. The third-order valence-electron chi connectivity index (χ3n) is 2.17. The molecule has 5 heteroatoms. The van der Waals surface area contributed by atoms with Crippen molar-refractivity contribution in [1.29, 1.82) is 0 Å². The van der Waals surface area contributed by atoms with E-state index in [1.807, 2.05) is 6.07 Å². The summed E-state index contributed by atoms with van der Waals surface area (Å²) in [5.74, 6) is 1.56. The predicted octanol–water partition coefficient (Wildman–Crippen LogP) is 1.48. The van der Waals surface area contributed by atoms with Gasteiger partial charge in [-0.15, -0.1) is 0 Å². The highest BCUT2D eigenvalue weighted by Crippen LogP contribution is 2.08. The molecule has 0 spiro atoms. The lowest BCUT2D eigenvalue weighted by Gasteiger charge is -2.07. The molecule has 0 atom stereocenters. The number of rotatable bonds is 8. The van der Waals surface area contributed by atoms with Gasteiger partial charge in [0.2, 0.25) is 0 Å². The second-order valence-electron chi connectivity index (χ2n) is 3.57. The minimum absolute atomic E-state index is 0.100. The number of hydrogen-bond acceptors (Lipinski definition) is 5. The lowest BCUT2D eigenvalue weighted by Crippen LogP contribution is -2.09. The molecule has 1 heterocycles. The van der Waals surface area contributed by atoms with Crippen molar-refractivity contribution in [2.24, 2.45) is 0 Å². The lowest BCUT2D eigenvalue weighted by molar-refractivity contribution is 0.311. The summed E-state index contributed by atoms with van der Waals surface area (Å²) in [6, 6.07) is 1.85. The molecule has 0 aliphatic carbocycles. The Morgan fingerprint density at radius 3 is 2.44 bits per heavy atom. The molecule has 0 unspecified atom stereocenters. The van der Waals surface area contributed by atoms with Crippen LogP contribution in [-0.2, 0) is 0 Å². The van der Waals surface area contributed by atoms with Gasteiger partial charge in [0.05, 0.1) is 6.61 Å². The summed E-state index contributed by atoms with van der Waals surface area (Å²) in [6.07, 6.45) is 5.12. The molecule has 90 valence electrons. The summed E-state index contributed by atoms with van der Waals surface area (Å²) >= 11 is 0. The number of aromatic nitrogens is 2. The van der Waals surface area contributed by atoms with E-state index < -0.39 is 0 Å². The molecule has 5 nitrogen and oxygen atoms in total. The van der Waals surface area contributed by atoms with Gasteiger partial charge in [-0.05, 0) is 6.42 Å². The maximum atomic E-state index is 8.68. The van der Waals surface area contributed by atoms with E-state index in [-0.39, 0.29) is 6.61 Å². The maximum absolute atomic E-state index is 8.68. The predicted molar refractivity (Wildman–Crippen MR) is 65.6 cm³/mol. The minimum atomic E-state index is 0.100. The van der Waals surface area contributed by atoms with Crippen molar-refractivity contribution in [1.82, 2.24) is 9.97 Å². The van der Waals surface area contributed by atoms with Crippen LogP contribution >= 0.6 is 0 Å². The summed E-state index contributed by atoms with van der Waals surface area (Å²) in [4.78, 5) is 8.17. The molecule has 0 aliphatic rings. The summed E-state index contributed by atoms with van der Waals surface area (Å²) in [6.45, 7) is 3.72. The van der Waals surface area contributed by atoms with Gasteiger partial charge in [0.1, 0.15) is 18.0 Å². The van der Waals surface area contributed by atoms with Crippen LogP contribution in [0.1, 0.15) is 26.2 Å². The fourth-order valence-electron chi connectivity index (χ4n) is 1.33. The van der Waals surface area contributed by atoms with Crippen LogP contribution in [0.2, 0.25) is 0 Å². The minimum Gasteiger partial charge on any atom is -0.395 e. The number of nitrogens with zero attached hydrogens (tertiary/aromatic N) is 2. The van der Waals surface area contributed by atoms with Crippen molar-refractivity contribution in [2.45, 2.75) is 26.2 Å². The van der Waals surface area contributed by atoms with Crippen LogP contribution in [0.5, 0.6) is 0 Å². The molecule has 0 amide bonds. The summed E-state index contributed by atoms with van der Waals surface area (Å²) in [5, 5.41) is 14.9. The number of unbranched alkanes of at least 4 members (excludes halogenated alkanes) is 2. The Bertz CT molecular complexity index is 293. The first-order valence-electron chi connectivity index (χ1n) is 5.77. The van der Waals surface area contributed by atoms with E-state index in [9.17, 15) is 0 Å². The molecule has 0 aliphatic heterocycles. The molecule has 0 saturated heterocycles. The third kappa shape index (κ3) is 4.93. The van der Waals surface area contributed by atoms with Crippen LogP contribution in [0.25, 0.3) is 0 Å². The van der Waals surface area contributed by atoms with Crippen LogP contribution in [0, 0.1) is 0 Å². The van der Waals surface area contributed by atoms with Gasteiger partial charge in [-0.25, -0.2) is 9.97 Å². The van der Waals surface area contributed by atoms with E-state index >= 15 is 0 Å². The quantitative estimate of drug-likeness (QED) is 0.583. The Morgan fingerprint density at radius 1 is 1.12 bits per heavy atom. The van der Waals surface area contributed by atoms with Crippen molar-refractivity contribution in [2.75, 3.05) is 30.3 Å². The van der Waals surface area contributed by atoms with Crippen LogP contribution in [0.15, 0.2) is 12.4 Å². The second kappa shape index (κ2) is 7.87. The molecule has 1 rings (SSSR count). The van der Waals surface area contributed by atoms with E-state index in [2.05, 4.69) is 27.5 Å². The summed E-state index contributed by atoms with van der Waals surface area (Å²) in [7, 11) is 0.